The van der Waals surface area contributed by atoms with Crippen LogP contribution in [0.4, 0.5) is 0 Å². The number of carbonyl (C=O) groups is 3. The molecule has 3 amide bonds. The minimum absolute atomic E-state index is 0.0701. The molecule has 0 saturated heterocycles. The summed E-state index contributed by atoms with van der Waals surface area (Å²) in [7, 11) is 0. The van der Waals surface area contributed by atoms with Crippen molar-refractivity contribution in [3.8, 4) is 0 Å². The molecule has 3 heterocycles. The van der Waals surface area contributed by atoms with Gasteiger partial charge in [0.1, 0.15) is 17.7 Å². The molecule has 2 aromatic carbocycles. The monoisotopic (exact) mass is 572 g/mol. The van der Waals surface area contributed by atoms with E-state index in [2.05, 4.69) is 15.7 Å². The maximum absolute atomic E-state index is 13.9. The van der Waals surface area contributed by atoms with Crippen LogP contribution in [-0.2, 0) is 40.5 Å². The van der Waals surface area contributed by atoms with E-state index in [4.69, 9.17) is 9.72 Å². The van der Waals surface area contributed by atoms with Gasteiger partial charge in [-0.05, 0) is 48.4 Å². The standard InChI is InChI=1S/C32H40N6O4/c1-4-21(2)29-31(40)34-27(18-23-10-6-5-7-11-23)30-33-22(3)36-38(30)17-16-37(15-9-14-28(39)35-29)32(41)25-13-8-12-24-19-42-20-26(24)25/h5-8,10-13,21,27,29H,4,9,14-20H2,1-3H3,(H,34,40)(H,35,39)/t21-,27-,29-/m0/s1. The van der Waals surface area contributed by atoms with Crippen LogP contribution in [0.5, 0.6) is 0 Å². The largest absolute Gasteiger partial charge is 0.372 e. The summed E-state index contributed by atoms with van der Waals surface area (Å²) < 4.78 is 7.43. The van der Waals surface area contributed by atoms with E-state index in [1.54, 1.807) is 4.90 Å². The third-order valence-corrected chi connectivity index (χ3v) is 8.24. The zero-order valence-electron chi connectivity index (χ0n) is 24.6. The van der Waals surface area contributed by atoms with Gasteiger partial charge in [-0.15, -0.1) is 0 Å². The molecule has 0 fully saturated rings. The first-order valence-corrected chi connectivity index (χ1v) is 14.9. The fraction of sp³-hybridized carbons (Fsp3) is 0.469. The highest BCUT2D eigenvalue weighted by molar-refractivity contribution is 5.96. The fourth-order valence-corrected chi connectivity index (χ4v) is 5.69. The third-order valence-electron chi connectivity index (χ3n) is 8.24. The minimum Gasteiger partial charge on any atom is -0.372 e. The van der Waals surface area contributed by atoms with Gasteiger partial charge >= 0.3 is 0 Å². The minimum atomic E-state index is -0.689. The van der Waals surface area contributed by atoms with Gasteiger partial charge in [-0.3, -0.25) is 14.4 Å². The number of ether oxygens (including phenoxy) is 1. The van der Waals surface area contributed by atoms with Gasteiger partial charge in [0, 0.05) is 25.1 Å². The fourth-order valence-electron chi connectivity index (χ4n) is 5.69. The van der Waals surface area contributed by atoms with E-state index in [-0.39, 0.29) is 30.1 Å². The van der Waals surface area contributed by atoms with Crippen molar-refractivity contribution < 1.29 is 19.1 Å². The van der Waals surface area contributed by atoms with Crippen molar-refractivity contribution in [3.63, 3.8) is 0 Å². The summed E-state index contributed by atoms with van der Waals surface area (Å²) in [6, 6.07) is 14.5. The summed E-state index contributed by atoms with van der Waals surface area (Å²) in [5.74, 6) is 0.614. The summed E-state index contributed by atoms with van der Waals surface area (Å²) in [4.78, 5) is 47.2. The van der Waals surface area contributed by atoms with E-state index in [1.807, 2.05) is 74.0 Å². The molecule has 0 spiro atoms. The topological polar surface area (TPSA) is 118 Å². The normalized spacial score (nSPS) is 20.6. The van der Waals surface area contributed by atoms with Gasteiger partial charge in [0.15, 0.2) is 0 Å². The molecular formula is C32H40N6O4. The summed E-state index contributed by atoms with van der Waals surface area (Å²) >= 11 is 0. The smallest absolute Gasteiger partial charge is 0.254 e. The molecule has 0 bridgehead atoms. The third kappa shape index (κ3) is 6.70. The Kier molecular flexibility index (Phi) is 9.31. The average Bonchev–Trinajstić information content (AvgIpc) is 3.63. The van der Waals surface area contributed by atoms with Crippen molar-refractivity contribution in [3.05, 3.63) is 82.4 Å². The summed E-state index contributed by atoms with van der Waals surface area (Å²) in [6.45, 7) is 7.89. The van der Waals surface area contributed by atoms with Crippen LogP contribution in [0.25, 0.3) is 0 Å². The van der Waals surface area contributed by atoms with Gasteiger partial charge in [0.2, 0.25) is 11.8 Å². The first-order valence-electron chi connectivity index (χ1n) is 14.9. The Morgan fingerprint density at radius 1 is 1.05 bits per heavy atom. The first kappa shape index (κ1) is 29.4. The van der Waals surface area contributed by atoms with Crippen molar-refractivity contribution in [2.75, 3.05) is 13.1 Å². The Morgan fingerprint density at radius 2 is 1.86 bits per heavy atom. The second-order valence-electron chi connectivity index (χ2n) is 11.3. The lowest BCUT2D eigenvalue weighted by atomic mass is 9.97. The maximum atomic E-state index is 13.9. The molecule has 2 aliphatic heterocycles. The maximum Gasteiger partial charge on any atom is 0.254 e. The van der Waals surface area contributed by atoms with E-state index >= 15 is 0 Å². The van der Waals surface area contributed by atoms with Crippen molar-refractivity contribution >= 4 is 17.7 Å². The lowest BCUT2D eigenvalue weighted by Crippen LogP contribution is -2.51. The predicted molar refractivity (Wildman–Crippen MR) is 157 cm³/mol. The van der Waals surface area contributed by atoms with E-state index in [0.29, 0.717) is 62.9 Å². The van der Waals surface area contributed by atoms with Gasteiger partial charge in [0.25, 0.3) is 5.91 Å². The Bertz CT molecular complexity index is 1420. The number of nitrogens with zero attached hydrogens (tertiary/aromatic N) is 4. The van der Waals surface area contributed by atoms with Gasteiger partial charge in [-0.25, -0.2) is 9.67 Å². The Morgan fingerprint density at radius 3 is 2.64 bits per heavy atom. The lowest BCUT2D eigenvalue weighted by molar-refractivity contribution is -0.130. The molecule has 2 aliphatic rings. The lowest BCUT2D eigenvalue weighted by Gasteiger charge is -2.28. The molecule has 10 nitrogen and oxygen atoms in total. The molecular weight excluding hydrogens is 532 g/mol. The first-order chi connectivity index (χ1) is 20.3. The van der Waals surface area contributed by atoms with E-state index in [1.165, 1.54) is 0 Å². The van der Waals surface area contributed by atoms with Crippen molar-refractivity contribution in [1.29, 1.82) is 0 Å². The molecule has 5 rings (SSSR count). The number of nitrogens with one attached hydrogen (secondary N) is 2. The Hall–Kier alpha value is -4.05. The molecule has 10 heteroatoms. The van der Waals surface area contributed by atoms with Gasteiger partial charge in [-0.2, -0.15) is 5.10 Å². The summed E-state index contributed by atoms with van der Waals surface area (Å²) in [5, 5.41) is 10.8. The van der Waals surface area contributed by atoms with Crippen LogP contribution >= 0.6 is 0 Å². The molecule has 0 radical (unpaired) electrons. The molecule has 3 atom stereocenters. The zero-order chi connectivity index (χ0) is 29.6. The molecule has 42 heavy (non-hydrogen) atoms. The molecule has 0 aliphatic carbocycles. The Labute approximate surface area is 246 Å². The molecule has 222 valence electrons. The number of hydrogen-bond donors (Lipinski definition) is 2. The van der Waals surface area contributed by atoms with Gasteiger partial charge in [0.05, 0.1) is 25.8 Å². The van der Waals surface area contributed by atoms with Crippen LogP contribution in [0.2, 0.25) is 0 Å². The van der Waals surface area contributed by atoms with Crippen LogP contribution in [0.15, 0.2) is 48.5 Å². The van der Waals surface area contributed by atoms with Crippen LogP contribution in [-0.4, -0.2) is 56.5 Å². The predicted octanol–water partition coefficient (Wildman–Crippen LogP) is 3.48. The van der Waals surface area contributed by atoms with Crippen LogP contribution in [0.1, 0.15) is 77.8 Å². The summed E-state index contributed by atoms with van der Waals surface area (Å²) in [5.41, 5.74) is 3.64. The van der Waals surface area contributed by atoms with Gasteiger partial charge in [-0.1, -0.05) is 62.7 Å². The number of aryl methyl sites for hydroxylation is 1. The number of carbonyl (C=O) groups excluding carboxylic acids is 3. The number of fused-ring (bicyclic) bond motifs is 2. The molecule has 0 unspecified atom stereocenters. The molecule has 1 aromatic heterocycles. The van der Waals surface area contributed by atoms with Gasteiger partial charge < -0.3 is 20.3 Å². The average molecular weight is 573 g/mol. The number of rotatable bonds is 5. The number of amides is 3. The molecule has 0 saturated carbocycles. The van der Waals surface area contributed by atoms with Crippen LogP contribution in [0, 0.1) is 12.8 Å². The summed E-state index contributed by atoms with van der Waals surface area (Å²) in [6.07, 6.45) is 1.91. The zero-order valence-corrected chi connectivity index (χ0v) is 24.6. The number of benzene rings is 2. The van der Waals surface area contributed by atoms with E-state index < -0.39 is 12.1 Å². The van der Waals surface area contributed by atoms with Crippen molar-refractivity contribution in [1.82, 2.24) is 30.3 Å². The van der Waals surface area contributed by atoms with Crippen LogP contribution in [0.3, 0.4) is 0 Å². The van der Waals surface area contributed by atoms with Crippen molar-refractivity contribution in [2.24, 2.45) is 5.92 Å². The quantitative estimate of drug-likeness (QED) is 0.483. The highest BCUT2D eigenvalue weighted by atomic mass is 16.5. The Balaban J connectivity index is 1.49. The van der Waals surface area contributed by atoms with Crippen molar-refractivity contribution in [2.45, 2.75) is 78.3 Å². The second kappa shape index (κ2) is 13.3. The molecule has 3 aromatic rings. The van der Waals surface area contributed by atoms with E-state index in [9.17, 15) is 14.4 Å². The SMILES string of the molecule is CC[C@H](C)[C@@H]1NC(=O)CCCN(C(=O)c2cccc3c2COC3)CCn2nc(C)nc2[C@H](Cc2ccccc2)NC1=O. The highest BCUT2D eigenvalue weighted by Crippen LogP contribution is 2.25. The second-order valence-corrected chi connectivity index (χ2v) is 11.3. The molecule has 2 N–H and O–H groups in total. The number of aromatic nitrogens is 3. The van der Waals surface area contributed by atoms with E-state index in [0.717, 1.165) is 23.1 Å². The number of hydrogen-bond acceptors (Lipinski definition) is 6. The highest BCUT2D eigenvalue weighted by Gasteiger charge is 2.31. The van der Waals surface area contributed by atoms with Crippen LogP contribution < -0.4 is 10.6 Å².